The lowest BCUT2D eigenvalue weighted by atomic mass is 10.1. The third-order valence-corrected chi connectivity index (χ3v) is 1.58. The predicted molar refractivity (Wildman–Crippen MR) is 52.1 cm³/mol. The first-order chi connectivity index (χ1) is 7.15. The maximum atomic E-state index is 11.3. The second-order valence-electron chi connectivity index (χ2n) is 2.61. The van der Waals surface area contributed by atoms with Crippen molar-refractivity contribution in [2.24, 2.45) is 0 Å². The minimum Gasteiger partial charge on any atom is -0.384 e. The Bertz CT molecular complexity index is 406. The second-order valence-corrected chi connectivity index (χ2v) is 2.61. The van der Waals surface area contributed by atoms with Gasteiger partial charge in [0, 0.05) is 11.6 Å². The molecule has 0 saturated carbocycles. The van der Waals surface area contributed by atoms with Gasteiger partial charge in [0.05, 0.1) is 0 Å². The van der Waals surface area contributed by atoms with E-state index >= 15 is 0 Å². The number of ketones is 1. The highest BCUT2D eigenvalue weighted by Crippen LogP contribution is 2.01. The van der Waals surface area contributed by atoms with Crippen LogP contribution in [0.3, 0.4) is 0 Å². The standard InChI is InChI=1S/C11H8O4/c1-2-9(12)15-11(14)10(13)8-6-4-3-5-7-8/h2-7H,1H2. The fourth-order valence-corrected chi connectivity index (χ4v) is 0.887. The maximum Gasteiger partial charge on any atom is 0.387 e. The number of benzene rings is 1. The summed E-state index contributed by atoms with van der Waals surface area (Å²) in [5.74, 6) is -3.00. The molecule has 0 saturated heterocycles. The molecule has 0 radical (unpaired) electrons. The Morgan fingerprint density at radius 2 is 1.73 bits per heavy atom. The normalized spacial score (nSPS) is 9.07. The molecule has 0 spiro atoms. The highest BCUT2D eigenvalue weighted by Gasteiger charge is 2.19. The number of hydrogen-bond acceptors (Lipinski definition) is 4. The topological polar surface area (TPSA) is 60.4 Å². The molecule has 0 unspecified atom stereocenters. The van der Waals surface area contributed by atoms with Crippen LogP contribution in [0.5, 0.6) is 0 Å². The number of hydrogen-bond donors (Lipinski definition) is 0. The minimum absolute atomic E-state index is 0.180. The van der Waals surface area contributed by atoms with E-state index in [1.54, 1.807) is 18.2 Å². The van der Waals surface area contributed by atoms with Gasteiger partial charge in [-0.1, -0.05) is 36.9 Å². The Labute approximate surface area is 86.2 Å². The lowest BCUT2D eigenvalue weighted by molar-refractivity contribution is -0.152. The van der Waals surface area contributed by atoms with Gasteiger partial charge >= 0.3 is 11.9 Å². The van der Waals surface area contributed by atoms with Gasteiger partial charge in [-0.25, -0.2) is 9.59 Å². The maximum absolute atomic E-state index is 11.3. The van der Waals surface area contributed by atoms with Crippen molar-refractivity contribution in [3.8, 4) is 0 Å². The van der Waals surface area contributed by atoms with Crippen molar-refractivity contribution < 1.29 is 19.1 Å². The molecule has 0 aliphatic carbocycles. The molecule has 4 heteroatoms. The van der Waals surface area contributed by atoms with E-state index in [-0.39, 0.29) is 5.56 Å². The lowest BCUT2D eigenvalue weighted by Gasteiger charge is -1.98. The molecule has 4 nitrogen and oxygen atoms in total. The zero-order valence-corrected chi connectivity index (χ0v) is 7.80. The molecule has 1 rings (SSSR count). The van der Waals surface area contributed by atoms with Gasteiger partial charge in [0.15, 0.2) is 0 Å². The first-order valence-electron chi connectivity index (χ1n) is 4.13. The number of rotatable bonds is 3. The summed E-state index contributed by atoms with van der Waals surface area (Å²) in [4.78, 5) is 33.1. The van der Waals surface area contributed by atoms with Gasteiger partial charge in [0.25, 0.3) is 5.78 Å². The van der Waals surface area contributed by atoms with E-state index in [4.69, 9.17) is 0 Å². The summed E-state index contributed by atoms with van der Waals surface area (Å²) >= 11 is 0. The Morgan fingerprint density at radius 1 is 1.13 bits per heavy atom. The average molecular weight is 204 g/mol. The van der Waals surface area contributed by atoms with Gasteiger partial charge in [-0.15, -0.1) is 0 Å². The van der Waals surface area contributed by atoms with Crippen LogP contribution in [0.15, 0.2) is 43.0 Å². The summed E-state index contributed by atoms with van der Waals surface area (Å²) in [5, 5.41) is 0. The van der Waals surface area contributed by atoms with E-state index in [0.717, 1.165) is 6.08 Å². The molecule has 0 N–H and O–H groups in total. The number of carbonyl (C=O) groups excluding carboxylic acids is 3. The van der Waals surface area contributed by atoms with E-state index in [1.807, 2.05) is 0 Å². The molecule has 1 aromatic rings. The Balaban J connectivity index is 2.74. The van der Waals surface area contributed by atoms with Crippen LogP contribution in [0.1, 0.15) is 10.4 Å². The molecule has 0 fully saturated rings. The number of carbonyl (C=O) groups is 3. The lowest BCUT2D eigenvalue weighted by Crippen LogP contribution is -2.20. The number of ether oxygens (including phenoxy) is 1. The molecule has 0 aromatic heterocycles. The van der Waals surface area contributed by atoms with Gasteiger partial charge < -0.3 is 4.74 Å². The van der Waals surface area contributed by atoms with E-state index in [9.17, 15) is 14.4 Å². The molecule has 0 bridgehead atoms. The fraction of sp³-hybridized carbons (Fsp3) is 0. The first kappa shape index (κ1) is 10.8. The van der Waals surface area contributed by atoms with Crippen molar-refractivity contribution >= 4 is 17.7 Å². The van der Waals surface area contributed by atoms with Crippen molar-refractivity contribution in [2.45, 2.75) is 0 Å². The van der Waals surface area contributed by atoms with Crippen LogP contribution in [0.4, 0.5) is 0 Å². The van der Waals surface area contributed by atoms with Crippen molar-refractivity contribution in [2.75, 3.05) is 0 Å². The van der Waals surface area contributed by atoms with Crippen molar-refractivity contribution in [1.82, 2.24) is 0 Å². The van der Waals surface area contributed by atoms with Gasteiger partial charge in [-0.2, -0.15) is 0 Å². The quantitative estimate of drug-likeness (QED) is 0.243. The smallest absolute Gasteiger partial charge is 0.384 e. The van der Waals surface area contributed by atoms with E-state index in [0.29, 0.717) is 0 Å². The Kier molecular flexibility index (Phi) is 3.51. The molecule has 15 heavy (non-hydrogen) atoms. The van der Waals surface area contributed by atoms with Gasteiger partial charge in [0.1, 0.15) is 0 Å². The van der Waals surface area contributed by atoms with Crippen molar-refractivity contribution in [3.05, 3.63) is 48.6 Å². The van der Waals surface area contributed by atoms with E-state index < -0.39 is 17.7 Å². The van der Waals surface area contributed by atoms with Crippen LogP contribution in [0, 0.1) is 0 Å². The van der Waals surface area contributed by atoms with Crippen LogP contribution in [0.25, 0.3) is 0 Å². The zero-order valence-electron chi connectivity index (χ0n) is 7.80. The number of Topliss-reactive ketones (excluding diaryl/α,β-unsaturated/α-hetero) is 1. The summed E-state index contributed by atoms with van der Waals surface area (Å²) in [7, 11) is 0. The van der Waals surface area contributed by atoms with Crippen LogP contribution in [-0.4, -0.2) is 17.7 Å². The monoisotopic (exact) mass is 204 g/mol. The van der Waals surface area contributed by atoms with E-state index in [1.165, 1.54) is 12.1 Å². The van der Waals surface area contributed by atoms with Gasteiger partial charge in [-0.05, 0) is 0 Å². The van der Waals surface area contributed by atoms with Crippen molar-refractivity contribution in [1.29, 1.82) is 0 Å². The highest BCUT2D eigenvalue weighted by atomic mass is 16.6. The highest BCUT2D eigenvalue weighted by molar-refractivity contribution is 6.42. The molecule has 0 amide bonds. The third kappa shape index (κ3) is 2.87. The van der Waals surface area contributed by atoms with Crippen LogP contribution in [0.2, 0.25) is 0 Å². The molecule has 1 aromatic carbocycles. The molecular formula is C11H8O4. The minimum atomic E-state index is -1.20. The van der Waals surface area contributed by atoms with Gasteiger partial charge in [-0.3, -0.25) is 4.79 Å². The molecular weight excluding hydrogens is 196 g/mol. The number of esters is 2. The first-order valence-corrected chi connectivity index (χ1v) is 4.13. The SMILES string of the molecule is C=CC(=O)OC(=O)C(=O)c1ccccc1. The fourth-order valence-electron chi connectivity index (χ4n) is 0.887. The Morgan fingerprint density at radius 3 is 2.27 bits per heavy atom. The zero-order chi connectivity index (χ0) is 11.3. The molecule has 0 heterocycles. The largest absolute Gasteiger partial charge is 0.387 e. The molecule has 0 atom stereocenters. The van der Waals surface area contributed by atoms with Crippen molar-refractivity contribution in [3.63, 3.8) is 0 Å². The van der Waals surface area contributed by atoms with Crippen LogP contribution in [-0.2, 0) is 14.3 Å². The van der Waals surface area contributed by atoms with E-state index in [2.05, 4.69) is 11.3 Å². The average Bonchev–Trinajstić information content (AvgIpc) is 2.29. The van der Waals surface area contributed by atoms with Crippen LogP contribution < -0.4 is 0 Å². The van der Waals surface area contributed by atoms with Crippen LogP contribution >= 0.6 is 0 Å². The molecule has 0 aliphatic heterocycles. The predicted octanol–water partition coefficient (Wildman–Crippen LogP) is 1.13. The third-order valence-electron chi connectivity index (χ3n) is 1.58. The molecule has 76 valence electrons. The second kappa shape index (κ2) is 4.85. The summed E-state index contributed by atoms with van der Waals surface area (Å²) < 4.78 is 4.17. The summed E-state index contributed by atoms with van der Waals surface area (Å²) in [6.07, 6.45) is 0.816. The summed E-state index contributed by atoms with van der Waals surface area (Å²) in [6, 6.07) is 7.84. The summed E-state index contributed by atoms with van der Waals surface area (Å²) in [5.41, 5.74) is 0.180. The summed E-state index contributed by atoms with van der Waals surface area (Å²) in [6.45, 7) is 3.11. The molecule has 0 aliphatic rings. The Hall–Kier alpha value is -2.23. The van der Waals surface area contributed by atoms with Gasteiger partial charge in [0.2, 0.25) is 0 Å².